The van der Waals surface area contributed by atoms with Gasteiger partial charge in [0.2, 0.25) is 5.95 Å². The summed E-state index contributed by atoms with van der Waals surface area (Å²) in [7, 11) is 1.67. The fourth-order valence-corrected chi connectivity index (χ4v) is 4.01. The molecule has 7 nitrogen and oxygen atoms in total. The number of nitrogen functional groups attached to an aromatic ring is 1. The molecule has 1 aliphatic rings. The molecule has 3 heterocycles. The first kappa shape index (κ1) is 18.4. The van der Waals surface area contributed by atoms with E-state index >= 15 is 0 Å². The molecule has 5 rings (SSSR count). The maximum Gasteiger partial charge on any atom is 0.228 e. The highest BCUT2D eigenvalue weighted by atomic mass is 16.5. The Bertz CT molecular complexity index is 1180. The quantitative estimate of drug-likeness (QED) is 0.550. The molecule has 4 aromatic rings. The number of methoxy groups -OCH3 is 1. The largest absolute Gasteiger partial charge is 0.496 e. The number of nitrogens with two attached hydrogens (primary N) is 1. The zero-order valence-electron chi connectivity index (χ0n) is 17.0. The van der Waals surface area contributed by atoms with E-state index in [1.807, 2.05) is 42.5 Å². The summed E-state index contributed by atoms with van der Waals surface area (Å²) in [6, 6.07) is 18.0. The van der Waals surface area contributed by atoms with Gasteiger partial charge in [0.15, 0.2) is 5.65 Å². The number of hydrogen-bond acceptors (Lipinski definition) is 6. The van der Waals surface area contributed by atoms with Gasteiger partial charge in [0.1, 0.15) is 11.6 Å². The van der Waals surface area contributed by atoms with E-state index in [-0.39, 0.29) is 0 Å². The van der Waals surface area contributed by atoms with Crippen LogP contribution in [-0.2, 0) is 6.54 Å². The Labute approximate surface area is 175 Å². The first-order valence-corrected chi connectivity index (χ1v) is 10.2. The molecule has 0 bridgehead atoms. The van der Waals surface area contributed by atoms with Crippen molar-refractivity contribution in [3.8, 4) is 17.0 Å². The van der Waals surface area contributed by atoms with Crippen LogP contribution in [0.3, 0.4) is 0 Å². The molecule has 1 aliphatic heterocycles. The average molecular weight is 400 g/mol. The molecule has 7 heteroatoms. The Kier molecular flexibility index (Phi) is 4.71. The number of rotatable bonds is 5. The van der Waals surface area contributed by atoms with Crippen molar-refractivity contribution in [2.45, 2.75) is 19.4 Å². The molecule has 2 aromatic heterocycles. The lowest BCUT2D eigenvalue weighted by molar-refractivity contribution is 0.416. The monoisotopic (exact) mass is 400 g/mol. The standard InChI is InChI=1S/C23H24N6O/c1-30-18-12-6-5-11-17(18)20-19-21(24)29(15-16-9-3-2-4-10-16)27-22(19)26-23(25-20)28-13-7-8-14-28/h2-6,9-12H,7-8,13-15,24H2,1H3. The highest BCUT2D eigenvalue weighted by molar-refractivity contribution is 6.00. The summed E-state index contributed by atoms with van der Waals surface area (Å²) in [6.45, 7) is 2.49. The normalized spacial score (nSPS) is 13.8. The molecule has 2 aromatic carbocycles. The summed E-state index contributed by atoms with van der Waals surface area (Å²) in [4.78, 5) is 11.9. The predicted octanol–water partition coefficient (Wildman–Crippen LogP) is 3.73. The van der Waals surface area contributed by atoms with Crippen LogP contribution in [0.2, 0.25) is 0 Å². The highest BCUT2D eigenvalue weighted by Crippen LogP contribution is 2.37. The van der Waals surface area contributed by atoms with Crippen LogP contribution in [0, 0.1) is 0 Å². The van der Waals surface area contributed by atoms with Crippen LogP contribution in [-0.4, -0.2) is 39.9 Å². The third-order valence-electron chi connectivity index (χ3n) is 5.55. The number of anilines is 2. The first-order valence-electron chi connectivity index (χ1n) is 10.2. The summed E-state index contributed by atoms with van der Waals surface area (Å²) in [5.74, 6) is 2.01. The lowest BCUT2D eigenvalue weighted by atomic mass is 10.1. The molecule has 1 saturated heterocycles. The van der Waals surface area contributed by atoms with Crippen molar-refractivity contribution in [3.63, 3.8) is 0 Å². The van der Waals surface area contributed by atoms with Crippen molar-refractivity contribution in [1.29, 1.82) is 0 Å². The van der Waals surface area contributed by atoms with Crippen LogP contribution in [0.4, 0.5) is 11.8 Å². The van der Waals surface area contributed by atoms with Crippen molar-refractivity contribution in [1.82, 2.24) is 19.7 Å². The van der Waals surface area contributed by atoms with Gasteiger partial charge in [-0.05, 0) is 30.5 Å². The summed E-state index contributed by atoms with van der Waals surface area (Å²) < 4.78 is 7.42. The number of hydrogen-bond donors (Lipinski definition) is 1. The van der Waals surface area contributed by atoms with Crippen LogP contribution in [0.1, 0.15) is 18.4 Å². The van der Waals surface area contributed by atoms with Gasteiger partial charge in [-0.15, -0.1) is 5.10 Å². The van der Waals surface area contributed by atoms with Crippen LogP contribution < -0.4 is 15.4 Å². The second-order valence-corrected chi connectivity index (χ2v) is 7.49. The van der Waals surface area contributed by atoms with E-state index in [1.54, 1.807) is 11.8 Å². The summed E-state index contributed by atoms with van der Waals surface area (Å²) in [5, 5.41) is 5.52. The summed E-state index contributed by atoms with van der Waals surface area (Å²) in [5.41, 5.74) is 9.97. The van der Waals surface area contributed by atoms with Gasteiger partial charge < -0.3 is 15.4 Å². The van der Waals surface area contributed by atoms with Gasteiger partial charge in [-0.2, -0.15) is 4.98 Å². The first-order chi connectivity index (χ1) is 14.7. The topological polar surface area (TPSA) is 82.1 Å². The minimum absolute atomic E-state index is 0.558. The molecular formula is C23H24N6O. The maximum atomic E-state index is 6.59. The molecule has 1 fully saturated rings. The number of ether oxygens (including phenoxy) is 1. The minimum atomic E-state index is 0.558. The molecule has 30 heavy (non-hydrogen) atoms. The molecule has 0 radical (unpaired) electrons. The molecule has 152 valence electrons. The second kappa shape index (κ2) is 7.67. The highest BCUT2D eigenvalue weighted by Gasteiger charge is 2.23. The van der Waals surface area contributed by atoms with E-state index in [9.17, 15) is 0 Å². The Balaban J connectivity index is 1.71. The Morgan fingerprint density at radius 2 is 1.70 bits per heavy atom. The lowest BCUT2D eigenvalue weighted by Gasteiger charge is -2.17. The Morgan fingerprint density at radius 3 is 2.47 bits per heavy atom. The van der Waals surface area contributed by atoms with E-state index < -0.39 is 0 Å². The zero-order chi connectivity index (χ0) is 20.5. The minimum Gasteiger partial charge on any atom is -0.496 e. The number of para-hydroxylation sites is 1. The van der Waals surface area contributed by atoms with Gasteiger partial charge in [-0.25, -0.2) is 9.67 Å². The van der Waals surface area contributed by atoms with Crippen molar-refractivity contribution in [2.75, 3.05) is 30.8 Å². The molecule has 0 atom stereocenters. The summed E-state index contributed by atoms with van der Waals surface area (Å²) >= 11 is 0. The molecule has 0 spiro atoms. The second-order valence-electron chi connectivity index (χ2n) is 7.49. The van der Waals surface area contributed by atoms with Crippen LogP contribution in [0.5, 0.6) is 5.75 Å². The lowest BCUT2D eigenvalue weighted by Crippen LogP contribution is -2.20. The van der Waals surface area contributed by atoms with Crippen molar-refractivity contribution >= 4 is 22.8 Å². The van der Waals surface area contributed by atoms with Gasteiger partial charge >= 0.3 is 0 Å². The van der Waals surface area contributed by atoms with E-state index in [0.29, 0.717) is 24.0 Å². The Morgan fingerprint density at radius 1 is 0.967 bits per heavy atom. The van der Waals surface area contributed by atoms with Crippen LogP contribution in [0.25, 0.3) is 22.3 Å². The molecule has 0 saturated carbocycles. The fraction of sp³-hybridized carbons (Fsp3) is 0.261. The maximum absolute atomic E-state index is 6.59. The number of fused-ring (bicyclic) bond motifs is 1. The molecule has 0 amide bonds. The van der Waals surface area contributed by atoms with E-state index in [2.05, 4.69) is 17.0 Å². The van der Waals surface area contributed by atoms with Gasteiger partial charge in [0.25, 0.3) is 0 Å². The molecule has 2 N–H and O–H groups in total. The smallest absolute Gasteiger partial charge is 0.228 e. The Hall–Kier alpha value is -3.61. The zero-order valence-corrected chi connectivity index (χ0v) is 17.0. The average Bonchev–Trinajstić information content (AvgIpc) is 3.43. The van der Waals surface area contributed by atoms with Crippen LogP contribution >= 0.6 is 0 Å². The number of aromatic nitrogens is 4. The summed E-state index contributed by atoms with van der Waals surface area (Å²) in [6.07, 6.45) is 2.30. The van der Waals surface area contributed by atoms with Gasteiger partial charge in [0.05, 0.1) is 24.7 Å². The molecule has 0 unspecified atom stereocenters. The predicted molar refractivity (Wildman–Crippen MR) is 119 cm³/mol. The van der Waals surface area contributed by atoms with E-state index in [1.165, 1.54) is 0 Å². The van der Waals surface area contributed by atoms with Crippen molar-refractivity contribution in [3.05, 3.63) is 60.2 Å². The van der Waals surface area contributed by atoms with Crippen LogP contribution in [0.15, 0.2) is 54.6 Å². The third kappa shape index (κ3) is 3.22. The fourth-order valence-electron chi connectivity index (χ4n) is 4.01. The van der Waals surface area contributed by atoms with E-state index in [0.717, 1.165) is 53.9 Å². The van der Waals surface area contributed by atoms with Crippen molar-refractivity contribution in [2.24, 2.45) is 0 Å². The molecular weight excluding hydrogens is 376 g/mol. The van der Waals surface area contributed by atoms with E-state index in [4.69, 9.17) is 25.5 Å². The number of benzene rings is 2. The number of nitrogens with zero attached hydrogens (tertiary/aromatic N) is 5. The SMILES string of the molecule is COc1ccccc1-c1nc(N2CCCC2)nc2nn(Cc3ccccc3)c(N)c12. The third-order valence-corrected chi connectivity index (χ3v) is 5.55. The van der Waals surface area contributed by atoms with Gasteiger partial charge in [-0.1, -0.05) is 42.5 Å². The van der Waals surface area contributed by atoms with Gasteiger partial charge in [0, 0.05) is 18.7 Å². The van der Waals surface area contributed by atoms with Crippen molar-refractivity contribution < 1.29 is 4.74 Å². The molecule has 0 aliphatic carbocycles. The van der Waals surface area contributed by atoms with Gasteiger partial charge in [-0.3, -0.25) is 0 Å².